The molecule has 160 valence electrons. The number of nitrogens with one attached hydrogen (secondary N) is 2. The van der Waals surface area contributed by atoms with Gasteiger partial charge in [-0.3, -0.25) is 0 Å². The Morgan fingerprint density at radius 2 is 1.90 bits per heavy atom. The molecule has 1 aromatic heterocycles. The maximum atomic E-state index is 5.69. The summed E-state index contributed by atoms with van der Waals surface area (Å²) in [6.07, 6.45) is 5.83. The monoisotopic (exact) mass is 426 g/mol. The van der Waals surface area contributed by atoms with E-state index in [1.807, 2.05) is 12.4 Å². The zero-order chi connectivity index (χ0) is 19.5. The molecule has 1 saturated carbocycles. The molecule has 1 aliphatic carbocycles. The minimum atomic E-state index is 0. The number of ether oxygens (including phenoxy) is 1. The molecule has 3 aromatic rings. The van der Waals surface area contributed by atoms with Crippen molar-refractivity contribution in [3.8, 4) is 0 Å². The molecule has 6 heteroatoms. The van der Waals surface area contributed by atoms with Gasteiger partial charge in [-0.25, -0.2) is 4.98 Å². The molecule has 0 amide bonds. The topological polar surface area (TPSA) is 51.1 Å². The van der Waals surface area contributed by atoms with E-state index in [-0.39, 0.29) is 12.4 Å². The van der Waals surface area contributed by atoms with E-state index < -0.39 is 0 Å². The van der Waals surface area contributed by atoms with Gasteiger partial charge in [0.05, 0.1) is 30.6 Å². The number of imidazole rings is 1. The molecular weight excluding hydrogens is 396 g/mol. The quantitative estimate of drug-likeness (QED) is 0.630. The van der Waals surface area contributed by atoms with E-state index in [1.165, 1.54) is 35.9 Å². The van der Waals surface area contributed by atoms with Crippen LogP contribution in [0.4, 0.5) is 0 Å². The Balaban J connectivity index is 0.00000218. The molecule has 0 bridgehead atoms. The van der Waals surface area contributed by atoms with Crippen LogP contribution in [0.5, 0.6) is 0 Å². The zero-order valence-electron chi connectivity index (χ0n) is 17.3. The normalized spacial score (nSPS) is 24.1. The Hall–Kier alpha value is -1.92. The van der Waals surface area contributed by atoms with Gasteiger partial charge in [0.15, 0.2) is 0 Å². The summed E-state index contributed by atoms with van der Waals surface area (Å²) in [5.41, 5.74) is 4.89. The molecule has 5 nitrogen and oxygen atoms in total. The van der Waals surface area contributed by atoms with Crippen molar-refractivity contribution >= 4 is 23.4 Å². The Bertz CT molecular complexity index is 936. The van der Waals surface area contributed by atoms with Crippen LogP contribution in [0.3, 0.4) is 0 Å². The van der Waals surface area contributed by atoms with Gasteiger partial charge in [-0.05, 0) is 42.0 Å². The number of hydrogen-bond donors (Lipinski definition) is 2. The number of fused-ring (bicyclic) bond motifs is 1. The molecule has 2 aromatic carbocycles. The SMILES string of the molecule is Cl.c1ccc2c(c1)ncn2Cc1ccc(CNC2CCCC2C2COCCN2)cc1. The predicted molar refractivity (Wildman–Crippen MR) is 123 cm³/mol. The summed E-state index contributed by atoms with van der Waals surface area (Å²) < 4.78 is 7.91. The van der Waals surface area contributed by atoms with Crippen LogP contribution in [-0.2, 0) is 17.8 Å². The fourth-order valence-corrected chi connectivity index (χ4v) is 4.93. The lowest BCUT2D eigenvalue weighted by Gasteiger charge is -2.33. The van der Waals surface area contributed by atoms with Crippen molar-refractivity contribution in [1.29, 1.82) is 0 Å². The van der Waals surface area contributed by atoms with Crippen molar-refractivity contribution in [2.24, 2.45) is 5.92 Å². The van der Waals surface area contributed by atoms with E-state index in [2.05, 4.69) is 62.6 Å². The maximum Gasteiger partial charge on any atom is 0.0961 e. The Morgan fingerprint density at radius 1 is 1.07 bits per heavy atom. The van der Waals surface area contributed by atoms with Gasteiger partial charge in [0.25, 0.3) is 0 Å². The van der Waals surface area contributed by atoms with Crippen molar-refractivity contribution in [3.05, 3.63) is 66.0 Å². The largest absolute Gasteiger partial charge is 0.379 e. The molecule has 2 fully saturated rings. The highest BCUT2D eigenvalue weighted by molar-refractivity contribution is 5.85. The molecule has 0 spiro atoms. The molecule has 0 radical (unpaired) electrons. The highest BCUT2D eigenvalue weighted by Gasteiger charge is 2.34. The zero-order valence-corrected chi connectivity index (χ0v) is 18.1. The van der Waals surface area contributed by atoms with Crippen LogP contribution in [0, 0.1) is 5.92 Å². The van der Waals surface area contributed by atoms with Crippen LogP contribution in [0.15, 0.2) is 54.9 Å². The number of benzene rings is 2. The first kappa shape index (κ1) is 21.3. The molecule has 2 N–H and O–H groups in total. The second-order valence-electron chi connectivity index (χ2n) is 8.40. The number of hydrogen-bond acceptors (Lipinski definition) is 4. The van der Waals surface area contributed by atoms with E-state index >= 15 is 0 Å². The van der Waals surface area contributed by atoms with Gasteiger partial charge < -0.3 is 19.9 Å². The van der Waals surface area contributed by atoms with E-state index in [9.17, 15) is 0 Å². The Labute approximate surface area is 184 Å². The standard InChI is InChI=1S/C24H30N4O.ClH/c1-2-7-24-22(5-1)27-17-28(24)15-19-10-8-18(9-11-19)14-26-21-6-3-4-20(21)23-16-29-13-12-25-23;/h1-2,5,7-11,17,20-21,23,25-26H,3-4,6,12-16H2;1H. The van der Waals surface area contributed by atoms with Crippen LogP contribution in [0.25, 0.3) is 11.0 Å². The van der Waals surface area contributed by atoms with Gasteiger partial charge in [0.1, 0.15) is 0 Å². The number of para-hydroxylation sites is 2. The number of halogens is 1. The van der Waals surface area contributed by atoms with E-state index in [4.69, 9.17) is 4.74 Å². The molecule has 3 atom stereocenters. The lowest BCUT2D eigenvalue weighted by atomic mass is 9.94. The van der Waals surface area contributed by atoms with Crippen LogP contribution < -0.4 is 10.6 Å². The average molecular weight is 427 g/mol. The molecule has 3 unspecified atom stereocenters. The van der Waals surface area contributed by atoms with Crippen molar-refractivity contribution in [2.75, 3.05) is 19.8 Å². The van der Waals surface area contributed by atoms with Gasteiger partial charge in [0, 0.05) is 31.7 Å². The highest BCUT2D eigenvalue weighted by atomic mass is 35.5. The second kappa shape index (κ2) is 9.92. The molecule has 1 aliphatic heterocycles. The predicted octanol–water partition coefficient (Wildman–Crippen LogP) is 3.75. The summed E-state index contributed by atoms with van der Waals surface area (Å²) in [4.78, 5) is 4.49. The van der Waals surface area contributed by atoms with Gasteiger partial charge in [0.2, 0.25) is 0 Å². The third kappa shape index (κ3) is 4.70. The molecule has 1 saturated heterocycles. The van der Waals surface area contributed by atoms with Crippen LogP contribution in [0.2, 0.25) is 0 Å². The Kier molecular flexibility index (Phi) is 7.05. The molecule has 5 rings (SSSR count). The summed E-state index contributed by atoms with van der Waals surface area (Å²) in [7, 11) is 0. The van der Waals surface area contributed by atoms with Crippen molar-refractivity contribution in [2.45, 2.75) is 44.4 Å². The number of aromatic nitrogens is 2. The smallest absolute Gasteiger partial charge is 0.0961 e. The fourth-order valence-electron chi connectivity index (χ4n) is 4.93. The first-order chi connectivity index (χ1) is 14.4. The lowest BCUT2D eigenvalue weighted by molar-refractivity contribution is 0.0524. The van der Waals surface area contributed by atoms with Crippen molar-refractivity contribution in [3.63, 3.8) is 0 Å². The third-order valence-electron chi connectivity index (χ3n) is 6.51. The number of morpholine rings is 1. The summed E-state index contributed by atoms with van der Waals surface area (Å²) in [6.45, 7) is 4.49. The number of nitrogens with zero attached hydrogens (tertiary/aromatic N) is 2. The van der Waals surface area contributed by atoms with Crippen LogP contribution in [0.1, 0.15) is 30.4 Å². The first-order valence-corrected chi connectivity index (χ1v) is 10.9. The van der Waals surface area contributed by atoms with E-state index in [0.717, 1.165) is 38.4 Å². The summed E-state index contributed by atoms with van der Waals surface area (Å²) in [5.74, 6) is 0.684. The molecule has 30 heavy (non-hydrogen) atoms. The first-order valence-electron chi connectivity index (χ1n) is 10.9. The fraction of sp³-hybridized carbons (Fsp3) is 0.458. The van der Waals surface area contributed by atoms with Gasteiger partial charge >= 0.3 is 0 Å². The minimum Gasteiger partial charge on any atom is -0.379 e. The summed E-state index contributed by atoms with van der Waals surface area (Å²) >= 11 is 0. The maximum absolute atomic E-state index is 5.69. The molecule has 2 heterocycles. The average Bonchev–Trinajstić information content (AvgIpc) is 3.41. The third-order valence-corrected chi connectivity index (χ3v) is 6.51. The van der Waals surface area contributed by atoms with Gasteiger partial charge in [-0.15, -0.1) is 12.4 Å². The summed E-state index contributed by atoms with van der Waals surface area (Å²) in [5, 5.41) is 7.48. The van der Waals surface area contributed by atoms with Crippen molar-refractivity contribution in [1.82, 2.24) is 20.2 Å². The number of rotatable bonds is 6. The highest BCUT2D eigenvalue weighted by Crippen LogP contribution is 2.29. The van der Waals surface area contributed by atoms with Crippen molar-refractivity contribution < 1.29 is 4.74 Å². The van der Waals surface area contributed by atoms with Crippen LogP contribution >= 0.6 is 12.4 Å². The van der Waals surface area contributed by atoms with Crippen LogP contribution in [-0.4, -0.2) is 41.4 Å². The molecular formula is C24H31ClN4O. The summed E-state index contributed by atoms with van der Waals surface area (Å²) in [6, 6.07) is 18.4. The van der Waals surface area contributed by atoms with Gasteiger partial charge in [-0.1, -0.05) is 42.8 Å². The molecule has 2 aliphatic rings. The lowest BCUT2D eigenvalue weighted by Crippen LogP contribution is -2.50. The van der Waals surface area contributed by atoms with Gasteiger partial charge in [-0.2, -0.15) is 0 Å². The minimum absolute atomic E-state index is 0. The van der Waals surface area contributed by atoms with E-state index in [1.54, 1.807) is 0 Å². The Morgan fingerprint density at radius 3 is 2.73 bits per heavy atom. The second-order valence-corrected chi connectivity index (χ2v) is 8.40. The van der Waals surface area contributed by atoms with E-state index in [0.29, 0.717) is 18.0 Å².